The topological polar surface area (TPSA) is 26.0 Å². The number of nitrogens with zero attached hydrogens (tertiary/aromatic N) is 4. The molecule has 0 amide bonds. The maximum absolute atomic E-state index is 5.12. The van der Waals surface area contributed by atoms with Gasteiger partial charge in [-0.25, -0.2) is 4.98 Å². The van der Waals surface area contributed by atoms with Gasteiger partial charge in [0.05, 0.1) is 22.1 Å². The maximum Gasteiger partial charge on any atom is 0.145 e. The lowest BCUT2D eigenvalue weighted by atomic mass is 10.0. The van der Waals surface area contributed by atoms with Gasteiger partial charge < -0.3 is 9.47 Å². The molecule has 11 rings (SSSR count). The highest BCUT2D eigenvalue weighted by Gasteiger charge is 2.19. The van der Waals surface area contributed by atoms with E-state index in [1.54, 1.807) is 0 Å². The Labute approximate surface area is 367 Å². The van der Waals surface area contributed by atoms with Crippen LogP contribution in [0.4, 0.5) is 17.1 Å². The van der Waals surface area contributed by atoms with Crippen molar-refractivity contribution in [3.05, 3.63) is 241 Å². The zero-order chi connectivity index (χ0) is 42.3. The summed E-state index contributed by atoms with van der Waals surface area (Å²) in [6, 6.07) is 80.4. The predicted octanol–water partition coefficient (Wildman–Crippen LogP) is 15.8. The van der Waals surface area contributed by atoms with Crippen LogP contribution >= 0.6 is 0 Å². The van der Waals surface area contributed by atoms with Crippen molar-refractivity contribution in [3.63, 3.8) is 0 Å². The molecule has 0 spiro atoms. The first kappa shape index (κ1) is 37.8. The first-order chi connectivity index (χ1) is 31.1. The molecule has 2 heterocycles. The van der Waals surface area contributed by atoms with Crippen LogP contribution in [0.15, 0.2) is 224 Å². The smallest absolute Gasteiger partial charge is 0.145 e. The van der Waals surface area contributed by atoms with Gasteiger partial charge in [-0.05, 0) is 132 Å². The van der Waals surface area contributed by atoms with Crippen molar-refractivity contribution < 1.29 is 0 Å². The minimum atomic E-state index is 0.922. The average molecular weight is 809 g/mol. The third kappa shape index (κ3) is 6.98. The van der Waals surface area contributed by atoms with Gasteiger partial charge in [0.1, 0.15) is 5.82 Å². The Bertz CT molecular complexity index is 3450. The minimum Gasteiger partial charge on any atom is -0.310 e. The van der Waals surface area contributed by atoms with Gasteiger partial charge in [-0.2, -0.15) is 0 Å². The van der Waals surface area contributed by atoms with Crippen molar-refractivity contribution >= 4 is 61.6 Å². The standard InChI is InChI=1S/C59H44N4/c1-41-16-9-10-17-46(41)38-42(2)43-32-34-50(35-33-43)61(52-36-37-57-54(40-52)53-24-11-13-26-56(53)62(57)48-19-5-3-6-20-48)51-23-15-18-47(39-51)44-28-30-45(31-29-44)59-60-55-25-12-14-27-58(55)63(59)49-21-7-4-8-22-49/h3-40H,1-2H3/b42-38+. The van der Waals surface area contributed by atoms with Crippen LogP contribution in [0, 0.1) is 6.92 Å². The first-order valence-corrected chi connectivity index (χ1v) is 21.5. The number of anilines is 3. The van der Waals surface area contributed by atoms with Crippen LogP contribution in [0.25, 0.3) is 78.4 Å². The molecule has 0 aliphatic rings. The Kier molecular flexibility index (Phi) is 9.59. The molecule has 300 valence electrons. The molecule has 0 fully saturated rings. The molecule has 0 saturated heterocycles. The number of aryl methyl sites for hydroxylation is 1. The molecular weight excluding hydrogens is 765 g/mol. The Balaban J connectivity index is 1.01. The van der Waals surface area contributed by atoms with Crippen molar-refractivity contribution in [2.45, 2.75) is 13.8 Å². The highest BCUT2D eigenvalue weighted by Crippen LogP contribution is 2.41. The summed E-state index contributed by atoms with van der Waals surface area (Å²) in [5, 5.41) is 2.43. The fraction of sp³-hybridized carbons (Fsp3) is 0.0339. The van der Waals surface area contributed by atoms with Gasteiger partial charge in [-0.1, -0.05) is 146 Å². The minimum absolute atomic E-state index is 0.922. The zero-order valence-corrected chi connectivity index (χ0v) is 35.2. The summed E-state index contributed by atoms with van der Waals surface area (Å²) >= 11 is 0. The summed E-state index contributed by atoms with van der Waals surface area (Å²) in [4.78, 5) is 7.51. The highest BCUT2D eigenvalue weighted by atomic mass is 15.1. The molecule has 9 aromatic carbocycles. The van der Waals surface area contributed by atoms with E-state index in [1.807, 2.05) is 6.07 Å². The molecule has 0 atom stereocenters. The van der Waals surface area contributed by atoms with Crippen LogP contribution in [0.2, 0.25) is 0 Å². The molecule has 4 nitrogen and oxygen atoms in total. The average Bonchev–Trinajstić information content (AvgIpc) is 3.90. The van der Waals surface area contributed by atoms with Gasteiger partial charge in [-0.15, -0.1) is 0 Å². The lowest BCUT2D eigenvalue weighted by Crippen LogP contribution is -2.10. The quantitative estimate of drug-likeness (QED) is 0.136. The fourth-order valence-corrected chi connectivity index (χ4v) is 9.04. The second-order valence-electron chi connectivity index (χ2n) is 16.2. The van der Waals surface area contributed by atoms with Gasteiger partial charge in [0, 0.05) is 44.8 Å². The van der Waals surface area contributed by atoms with Gasteiger partial charge in [0.15, 0.2) is 0 Å². The van der Waals surface area contributed by atoms with Crippen LogP contribution in [0.1, 0.15) is 23.6 Å². The van der Waals surface area contributed by atoms with Crippen LogP contribution in [0.3, 0.4) is 0 Å². The SMILES string of the molecule is C/C(=C\c1ccccc1C)c1ccc(N(c2cccc(-c3ccc(-c4nc5ccccc5n4-c4ccccc4)cc3)c2)c2ccc3c(c2)c2ccccc2n3-c2ccccc2)cc1. The summed E-state index contributed by atoms with van der Waals surface area (Å²) < 4.78 is 4.62. The van der Waals surface area contributed by atoms with E-state index in [-0.39, 0.29) is 0 Å². The lowest BCUT2D eigenvalue weighted by Gasteiger charge is -2.26. The predicted molar refractivity (Wildman–Crippen MR) is 266 cm³/mol. The van der Waals surface area contributed by atoms with Gasteiger partial charge >= 0.3 is 0 Å². The van der Waals surface area contributed by atoms with Crippen LogP contribution in [-0.2, 0) is 0 Å². The Morgan fingerprint density at radius 3 is 1.81 bits per heavy atom. The number of hydrogen-bond donors (Lipinski definition) is 0. The molecule has 0 aliphatic heterocycles. The highest BCUT2D eigenvalue weighted by molar-refractivity contribution is 6.10. The molecule has 4 heteroatoms. The molecule has 0 unspecified atom stereocenters. The normalized spacial score (nSPS) is 11.7. The van der Waals surface area contributed by atoms with E-state index in [9.17, 15) is 0 Å². The van der Waals surface area contributed by atoms with Crippen molar-refractivity contribution in [2.24, 2.45) is 0 Å². The van der Waals surface area contributed by atoms with Crippen LogP contribution in [-0.4, -0.2) is 14.1 Å². The summed E-state index contributed by atoms with van der Waals surface area (Å²) in [6.45, 7) is 4.36. The molecule has 2 aromatic heterocycles. The molecular formula is C59H44N4. The first-order valence-electron chi connectivity index (χ1n) is 21.5. The van der Waals surface area contributed by atoms with E-state index in [0.29, 0.717) is 0 Å². The number of hydrogen-bond acceptors (Lipinski definition) is 2. The molecule has 11 aromatic rings. The second-order valence-corrected chi connectivity index (χ2v) is 16.2. The van der Waals surface area contributed by atoms with E-state index in [4.69, 9.17) is 4.98 Å². The third-order valence-corrected chi connectivity index (χ3v) is 12.2. The number of fused-ring (bicyclic) bond motifs is 4. The van der Waals surface area contributed by atoms with Crippen molar-refractivity contribution in [1.82, 2.24) is 14.1 Å². The van der Waals surface area contributed by atoms with Gasteiger partial charge in [0.2, 0.25) is 0 Å². The molecule has 0 radical (unpaired) electrons. The third-order valence-electron chi connectivity index (χ3n) is 12.2. The molecule has 63 heavy (non-hydrogen) atoms. The van der Waals surface area contributed by atoms with Crippen molar-refractivity contribution in [3.8, 4) is 33.9 Å². The van der Waals surface area contributed by atoms with E-state index in [1.165, 1.54) is 44.1 Å². The second kappa shape index (κ2) is 16.0. The number of para-hydroxylation sites is 5. The zero-order valence-electron chi connectivity index (χ0n) is 35.2. The Morgan fingerprint density at radius 2 is 1.05 bits per heavy atom. The van der Waals surface area contributed by atoms with Crippen LogP contribution < -0.4 is 4.90 Å². The summed E-state index contributed by atoms with van der Waals surface area (Å²) in [6.07, 6.45) is 2.28. The Hall–Kier alpha value is -8.21. The summed E-state index contributed by atoms with van der Waals surface area (Å²) in [7, 11) is 0. The number of benzene rings is 9. The largest absolute Gasteiger partial charge is 0.310 e. The van der Waals surface area contributed by atoms with E-state index >= 15 is 0 Å². The van der Waals surface area contributed by atoms with Crippen LogP contribution in [0.5, 0.6) is 0 Å². The summed E-state index contributed by atoms with van der Waals surface area (Å²) in [5.74, 6) is 0.922. The molecule has 0 bridgehead atoms. The molecule has 0 N–H and O–H groups in total. The van der Waals surface area contributed by atoms with Crippen molar-refractivity contribution in [1.29, 1.82) is 0 Å². The maximum atomic E-state index is 5.12. The van der Waals surface area contributed by atoms with Gasteiger partial charge in [-0.3, -0.25) is 4.57 Å². The van der Waals surface area contributed by atoms with E-state index < -0.39 is 0 Å². The molecule has 0 aliphatic carbocycles. The fourth-order valence-electron chi connectivity index (χ4n) is 9.04. The lowest BCUT2D eigenvalue weighted by molar-refractivity contribution is 1.10. The Morgan fingerprint density at radius 1 is 0.444 bits per heavy atom. The number of aromatic nitrogens is 3. The number of allylic oxidation sites excluding steroid dienone is 1. The summed E-state index contributed by atoms with van der Waals surface area (Å²) in [5.41, 5.74) is 18.2. The van der Waals surface area contributed by atoms with Gasteiger partial charge in [0.25, 0.3) is 0 Å². The number of imidazole rings is 1. The number of rotatable bonds is 9. The van der Waals surface area contributed by atoms with E-state index in [0.717, 1.165) is 62.0 Å². The monoisotopic (exact) mass is 808 g/mol. The van der Waals surface area contributed by atoms with E-state index in [2.05, 4.69) is 252 Å². The van der Waals surface area contributed by atoms with Crippen molar-refractivity contribution in [2.75, 3.05) is 4.90 Å². The molecule has 0 saturated carbocycles.